The van der Waals surface area contributed by atoms with E-state index in [2.05, 4.69) is 19.9 Å². The average molecular weight is 234 g/mol. The number of hydrogen-bond acceptors (Lipinski definition) is 2. The molecule has 94 valence electrons. The maximum absolute atomic E-state index is 11.9. The Hall–Kier alpha value is -1.15. The highest BCUT2D eigenvalue weighted by Gasteiger charge is 2.06. The van der Waals surface area contributed by atoms with Crippen LogP contribution in [-0.4, -0.2) is 19.0 Å². The number of ketones is 1. The molecular formula is C15H22O2. The molecule has 0 aliphatic carbocycles. The first kappa shape index (κ1) is 13.9. The number of carbonyl (C=O) groups is 1. The molecule has 0 aliphatic heterocycles. The van der Waals surface area contributed by atoms with E-state index in [-0.39, 0.29) is 5.78 Å². The predicted octanol–water partition coefficient (Wildman–Crippen LogP) is 3.64. The minimum absolute atomic E-state index is 0.180. The van der Waals surface area contributed by atoms with Crippen LogP contribution in [0.4, 0.5) is 0 Å². The third-order valence-corrected chi connectivity index (χ3v) is 2.61. The van der Waals surface area contributed by atoms with Gasteiger partial charge in [0.25, 0.3) is 0 Å². The van der Waals surface area contributed by atoms with Crippen LogP contribution in [0.3, 0.4) is 0 Å². The monoisotopic (exact) mass is 234 g/mol. The van der Waals surface area contributed by atoms with Crippen LogP contribution in [0.15, 0.2) is 24.3 Å². The highest BCUT2D eigenvalue weighted by molar-refractivity contribution is 5.96. The van der Waals surface area contributed by atoms with Gasteiger partial charge in [-0.3, -0.25) is 4.79 Å². The van der Waals surface area contributed by atoms with Crippen LogP contribution >= 0.6 is 0 Å². The van der Waals surface area contributed by atoms with Gasteiger partial charge in [0.2, 0.25) is 0 Å². The van der Waals surface area contributed by atoms with Crippen molar-refractivity contribution in [3.63, 3.8) is 0 Å². The van der Waals surface area contributed by atoms with Crippen molar-refractivity contribution in [1.82, 2.24) is 0 Å². The molecule has 0 saturated heterocycles. The number of Topliss-reactive ketones (excluding diaryl/α,β-unsaturated/α-hetero) is 1. The van der Waals surface area contributed by atoms with Gasteiger partial charge in [-0.1, -0.05) is 38.5 Å². The van der Waals surface area contributed by atoms with Crippen LogP contribution in [0.5, 0.6) is 0 Å². The molecule has 2 heteroatoms. The molecule has 0 unspecified atom stereocenters. The number of ether oxygens (including phenoxy) is 1. The summed E-state index contributed by atoms with van der Waals surface area (Å²) in [6.45, 7) is 5.48. The second kappa shape index (κ2) is 8.02. The van der Waals surface area contributed by atoms with Crippen molar-refractivity contribution < 1.29 is 9.53 Å². The van der Waals surface area contributed by atoms with Gasteiger partial charge in [-0.25, -0.2) is 0 Å². The Bertz CT molecular complexity index is 345. The van der Waals surface area contributed by atoms with Gasteiger partial charge in [-0.15, -0.1) is 0 Å². The zero-order chi connectivity index (χ0) is 12.5. The van der Waals surface area contributed by atoms with Gasteiger partial charge in [0.1, 0.15) is 0 Å². The summed E-state index contributed by atoms with van der Waals surface area (Å²) >= 11 is 0. The lowest BCUT2D eigenvalue weighted by Crippen LogP contribution is -2.05. The molecule has 0 atom stereocenters. The van der Waals surface area contributed by atoms with Crippen LogP contribution in [0.1, 0.15) is 49.0 Å². The lowest BCUT2D eigenvalue weighted by molar-refractivity contribution is 0.0878. The van der Waals surface area contributed by atoms with Crippen molar-refractivity contribution in [3.05, 3.63) is 35.4 Å². The van der Waals surface area contributed by atoms with Crippen molar-refractivity contribution in [2.24, 2.45) is 0 Å². The van der Waals surface area contributed by atoms with E-state index in [0.717, 1.165) is 31.4 Å². The molecule has 0 heterocycles. The van der Waals surface area contributed by atoms with Gasteiger partial charge in [0.05, 0.1) is 6.61 Å². The van der Waals surface area contributed by atoms with Gasteiger partial charge in [0.15, 0.2) is 5.78 Å². The topological polar surface area (TPSA) is 26.3 Å². The van der Waals surface area contributed by atoms with E-state index in [4.69, 9.17) is 4.74 Å². The molecule has 1 aromatic carbocycles. The normalized spacial score (nSPS) is 10.5. The summed E-state index contributed by atoms with van der Waals surface area (Å²) in [7, 11) is 0. The molecule has 0 fully saturated rings. The Morgan fingerprint density at radius 1 is 1.18 bits per heavy atom. The van der Waals surface area contributed by atoms with E-state index in [0.29, 0.717) is 13.0 Å². The van der Waals surface area contributed by atoms with E-state index < -0.39 is 0 Å². The Morgan fingerprint density at radius 2 is 2.00 bits per heavy atom. The third kappa shape index (κ3) is 5.14. The van der Waals surface area contributed by atoms with Crippen LogP contribution in [0.25, 0.3) is 0 Å². The second-order valence-corrected chi connectivity index (χ2v) is 4.24. The molecule has 0 aliphatic rings. The zero-order valence-corrected chi connectivity index (χ0v) is 10.9. The largest absolute Gasteiger partial charge is 0.381 e. The molecule has 0 saturated carbocycles. The Labute approximate surface area is 104 Å². The minimum atomic E-state index is 0.180. The first-order valence-electron chi connectivity index (χ1n) is 6.47. The van der Waals surface area contributed by atoms with Crippen molar-refractivity contribution in [3.8, 4) is 0 Å². The van der Waals surface area contributed by atoms with E-state index >= 15 is 0 Å². The van der Waals surface area contributed by atoms with Crippen molar-refractivity contribution in [2.75, 3.05) is 13.2 Å². The highest BCUT2D eigenvalue weighted by Crippen LogP contribution is 2.09. The molecule has 0 N–H and O–H groups in total. The fraction of sp³-hybridized carbons (Fsp3) is 0.533. The summed E-state index contributed by atoms with van der Waals surface area (Å²) in [5.74, 6) is 0.180. The van der Waals surface area contributed by atoms with Gasteiger partial charge < -0.3 is 4.74 Å². The quantitative estimate of drug-likeness (QED) is 0.507. The summed E-state index contributed by atoms with van der Waals surface area (Å²) in [4.78, 5) is 11.9. The van der Waals surface area contributed by atoms with Crippen LogP contribution in [0.2, 0.25) is 0 Å². The summed E-state index contributed by atoms with van der Waals surface area (Å²) in [5.41, 5.74) is 2.06. The number of hydrogen-bond donors (Lipinski definition) is 0. The molecular weight excluding hydrogens is 212 g/mol. The van der Waals surface area contributed by atoms with Gasteiger partial charge >= 0.3 is 0 Å². The summed E-state index contributed by atoms with van der Waals surface area (Å²) < 4.78 is 5.33. The standard InChI is InChI=1S/C15H22O2/c1-3-6-13-7-5-8-14(12-13)15(16)9-11-17-10-4-2/h5,7-8,12H,3-4,6,9-11H2,1-2H3. The zero-order valence-electron chi connectivity index (χ0n) is 10.9. The molecule has 1 aromatic rings. The van der Waals surface area contributed by atoms with E-state index in [1.807, 2.05) is 18.2 Å². The van der Waals surface area contributed by atoms with Crippen molar-refractivity contribution in [1.29, 1.82) is 0 Å². The number of benzene rings is 1. The van der Waals surface area contributed by atoms with E-state index in [9.17, 15) is 4.79 Å². The van der Waals surface area contributed by atoms with E-state index in [1.165, 1.54) is 5.56 Å². The fourth-order valence-electron chi connectivity index (χ4n) is 1.74. The Balaban J connectivity index is 2.47. The van der Waals surface area contributed by atoms with Crippen LogP contribution in [-0.2, 0) is 11.2 Å². The fourth-order valence-corrected chi connectivity index (χ4v) is 1.74. The summed E-state index contributed by atoms with van der Waals surface area (Å²) in [6, 6.07) is 7.94. The SMILES string of the molecule is CCCOCCC(=O)c1cccc(CCC)c1. The molecule has 2 nitrogen and oxygen atoms in total. The van der Waals surface area contributed by atoms with E-state index in [1.54, 1.807) is 0 Å². The second-order valence-electron chi connectivity index (χ2n) is 4.24. The molecule has 17 heavy (non-hydrogen) atoms. The molecule has 0 radical (unpaired) electrons. The first-order chi connectivity index (χ1) is 8.27. The molecule has 1 rings (SSSR count). The summed E-state index contributed by atoms with van der Waals surface area (Å²) in [5, 5.41) is 0. The van der Waals surface area contributed by atoms with Crippen LogP contribution in [0, 0.1) is 0 Å². The minimum Gasteiger partial charge on any atom is -0.381 e. The number of aryl methyl sites for hydroxylation is 1. The lowest BCUT2D eigenvalue weighted by atomic mass is 10.0. The van der Waals surface area contributed by atoms with Gasteiger partial charge in [0, 0.05) is 18.6 Å². The molecule has 0 bridgehead atoms. The number of rotatable bonds is 8. The molecule has 0 aromatic heterocycles. The molecule has 0 amide bonds. The first-order valence-corrected chi connectivity index (χ1v) is 6.47. The number of carbonyl (C=O) groups excluding carboxylic acids is 1. The Kier molecular flexibility index (Phi) is 6.56. The Morgan fingerprint density at radius 3 is 2.71 bits per heavy atom. The third-order valence-electron chi connectivity index (χ3n) is 2.61. The van der Waals surface area contributed by atoms with Crippen molar-refractivity contribution in [2.45, 2.75) is 39.5 Å². The van der Waals surface area contributed by atoms with Gasteiger partial charge in [-0.2, -0.15) is 0 Å². The maximum atomic E-state index is 11.9. The summed E-state index contributed by atoms with van der Waals surface area (Å²) in [6.07, 6.45) is 3.63. The predicted molar refractivity (Wildman–Crippen MR) is 70.5 cm³/mol. The highest BCUT2D eigenvalue weighted by atomic mass is 16.5. The molecule has 0 spiro atoms. The van der Waals surface area contributed by atoms with Crippen LogP contribution < -0.4 is 0 Å². The lowest BCUT2D eigenvalue weighted by Gasteiger charge is -2.04. The van der Waals surface area contributed by atoms with Crippen molar-refractivity contribution >= 4 is 5.78 Å². The average Bonchev–Trinajstić information content (AvgIpc) is 2.35. The van der Waals surface area contributed by atoms with Gasteiger partial charge in [-0.05, 0) is 24.5 Å². The smallest absolute Gasteiger partial charge is 0.165 e. The maximum Gasteiger partial charge on any atom is 0.165 e.